The van der Waals surface area contributed by atoms with E-state index in [4.69, 9.17) is 9.47 Å². The molecule has 0 aromatic heterocycles. The number of nitrogens with zero attached hydrogens (tertiary/aromatic N) is 1. The van der Waals surface area contributed by atoms with Crippen LogP contribution < -0.4 is 9.47 Å². The molecule has 0 aliphatic rings. The van der Waals surface area contributed by atoms with Crippen LogP contribution in [0.3, 0.4) is 0 Å². The van der Waals surface area contributed by atoms with Gasteiger partial charge in [0.1, 0.15) is 28.8 Å². The largest absolute Gasteiger partial charge is 0.488 e. The van der Waals surface area contributed by atoms with E-state index in [1.165, 1.54) is 18.2 Å². The molecule has 0 aliphatic heterocycles. The lowest BCUT2D eigenvalue weighted by Gasteiger charge is -2.14. The van der Waals surface area contributed by atoms with Gasteiger partial charge in [0.15, 0.2) is 11.1 Å². The first-order valence-corrected chi connectivity index (χ1v) is 9.81. The molecule has 0 saturated carbocycles. The van der Waals surface area contributed by atoms with Crippen LogP contribution in [0, 0.1) is 24.0 Å². The zero-order chi connectivity index (χ0) is 21.0. The molecule has 3 aromatic rings. The van der Waals surface area contributed by atoms with Gasteiger partial charge in [0, 0.05) is 18.2 Å². The second kappa shape index (κ2) is 8.85. The van der Waals surface area contributed by atoms with Crippen LogP contribution in [-0.4, -0.2) is 13.7 Å². The molecule has 1 atom stereocenters. The highest BCUT2D eigenvalue weighted by atomic mass is 32.2. The summed E-state index contributed by atoms with van der Waals surface area (Å²) in [6.07, 6.45) is 0. The molecule has 0 spiro atoms. The number of rotatable bonds is 7. The maximum atomic E-state index is 11.8. The van der Waals surface area contributed by atoms with Crippen molar-refractivity contribution in [1.29, 1.82) is 0 Å². The number of hydrogen-bond donors (Lipinski definition) is 1. The summed E-state index contributed by atoms with van der Waals surface area (Å²) >= 11 is -2.28. The van der Waals surface area contributed by atoms with Gasteiger partial charge in [-0.15, -0.1) is 0 Å². The van der Waals surface area contributed by atoms with Crippen molar-refractivity contribution in [3.8, 4) is 17.2 Å². The molecular formula is C21H19NO6S. The minimum atomic E-state index is -2.28. The van der Waals surface area contributed by atoms with E-state index < -0.39 is 16.0 Å². The smallest absolute Gasteiger partial charge is 0.270 e. The van der Waals surface area contributed by atoms with Gasteiger partial charge in [-0.3, -0.25) is 10.1 Å². The van der Waals surface area contributed by atoms with Crippen LogP contribution in [0.2, 0.25) is 0 Å². The van der Waals surface area contributed by atoms with Gasteiger partial charge in [-0.2, -0.15) is 0 Å². The first-order chi connectivity index (χ1) is 13.8. The molecule has 3 rings (SSSR count). The molecule has 0 amide bonds. The van der Waals surface area contributed by atoms with E-state index in [-0.39, 0.29) is 22.9 Å². The number of nitro groups is 1. The number of non-ortho nitro benzene ring substituents is 1. The van der Waals surface area contributed by atoms with Crippen molar-refractivity contribution in [2.24, 2.45) is 0 Å². The molecule has 8 heteroatoms. The summed E-state index contributed by atoms with van der Waals surface area (Å²) in [5, 5.41) is 11.0. The topological polar surface area (TPSA) is 98.9 Å². The van der Waals surface area contributed by atoms with Crippen LogP contribution in [0.5, 0.6) is 17.2 Å². The van der Waals surface area contributed by atoms with E-state index in [9.17, 15) is 18.9 Å². The Morgan fingerprint density at radius 2 is 1.69 bits per heavy atom. The normalized spacial score (nSPS) is 11.7. The Bertz CT molecular complexity index is 1050. The fourth-order valence-electron chi connectivity index (χ4n) is 2.85. The second-order valence-corrected chi connectivity index (χ2v) is 7.34. The van der Waals surface area contributed by atoms with E-state index >= 15 is 0 Å². The molecule has 0 saturated heterocycles. The van der Waals surface area contributed by atoms with E-state index in [0.717, 1.165) is 5.56 Å². The predicted molar refractivity (Wildman–Crippen MR) is 109 cm³/mol. The SMILES string of the molecule is Cc1cc([N+](=O)[O-])cc(C)c1Oc1ccc(OCc2ccccc2)c(S(=O)O)c1. The third kappa shape index (κ3) is 4.98. The summed E-state index contributed by atoms with van der Waals surface area (Å²) in [5.74, 6) is 1.07. The molecule has 0 fully saturated rings. The van der Waals surface area contributed by atoms with E-state index in [1.807, 2.05) is 30.3 Å². The van der Waals surface area contributed by atoms with Crippen LogP contribution in [0.25, 0.3) is 0 Å². The van der Waals surface area contributed by atoms with Crippen LogP contribution >= 0.6 is 0 Å². The average molecular weight is 413 g/mol. The van der Waals surface area contributed by atoms with Gasteiger partial charge < -0.3 is 14.0 Å². The number of nitro benzene ring substituents is 1. The fourth-order valence-corrected chi connectivity index (χ4v) is 3.37. The van der Waals surface area contributed by atoms with Crippen molar-refractivity contribution in [3.63, 3.8) is 0 Å². The van der Waals surface area contributed by atoms with E-state index in [2.05, 4.69) is 0 Å². The molecule has 29 heavy (non-hydrogen) atoms. The highest BCUT2D eigenvalue weighted by Crippen LogP contribution is 2.35. The molecule has 7 nitrogen and oxygen atoms in total. The lowest BCUT2D eigenvalue weighted by Crippen LogP contribution is -2.01. The van der Waals surface area contributed by atoms with Crippen LogP contribution in [-0.2, 0) is 17.7 Å². The highest BCUT2D eigenvalue weighted by molar-refractivity contribution is 7.79. The van der Waals surface area contributed by atoms with Gasteiger partial charge in [-0.1, -0.05) is 30.3 Å². The zero-order valence-electron chi connectivity index (χ0n) is 15.8. The monoisotopic (exact) mass is 413 g/mol. The minimum absolute atomic E-state index is 0.0193. The molecule has 0 bridgehead atoms. The molecule has 3 aromatic carbocycles. The Labute approximate surface area is 170 Å². The average Bonchev–Trinajstić information content (AvgIpc) is 2.70. The quantitative estimate of drug-likeness (QED) is 0.326. The van der Waals surface area contributed by atoms with Crippen LogP contribution in [0.1, 0.15) is 16.7 Å². The van der Waals surface area contributed by atoms with Gasteiger partial charge >= 0.3 is 0 Å². The molecule has 150 valence electrons. The summed E-state index contributed by atoms with van der Waals surface area (Å²) < 4.78 is 33.0. The summed E-state index contributed by atoms with van der Waals surface area (Å²) in [6.45, 7) is 3.67. The number of ether oxygens (including phenoxy) is 2. The molecule has 0 heterocycles. The molecular weight excluding hydrogens is 394 g/mol. The Hall–Kier alpha value is -3.23. The first kappa shape index (κ1) is 20.5. The van der Waals surface area contributed by atoms with Crippen molar-refractivity contribution < 1.29 is 23.2 Å². The molecule has 0 aliphatic carbocycles. The van der Waals surface area contributed by atoms with Crippen LogP contribution in [0.4, 0.5) is 5.69 Å². The number of aryl methyl sites for hydroxylation is 2. The van der Waals surface area contributed by atoms with Gasteiger partial charge in [-0.05, 0) is 42.7 Å². The van der Waals surface area contributed by atoms with E-state index in [0.29, 0.717) is 22.6 Å². The van der Waals surface area contributed by atoms with Crippen molar-refractivity contribution in [1.82, 2.24) is 0 Å². The van der Waals surface area contributed by atoms with E-state index in [1.54, 1.807) is 26.0 Å². The Kier molecular flexibility index (Phi) is 6.26. The van der Waals surface area contributed by atoms with Crippen LogP contribution in [0.15, 0.2) is 65.6 Å². The third-order valence-electron chi connectivity index (χ3n) is 4.22. The Morgan fingerprint density at radius 1 is 1.03 bits per heavy atom. The number of hydrogen-bond acceptors (Lipinski definition) is 5. The molecule has 1 N–H and O–H groups in total. The lowest BCUT2D eigenvalue weighted by atomic mass is 10.1. The zero-order valence-corrected chi connectivity index (χ0v) is 16.6. The standard InChI is InChI=1S/C21H19NO6S/c1-14-10-17(22(23)24)11-15(2)21(14)28-18-8-9-19(20(12-18)29(25)26)27-13-16-6-4-3-5-7-16/h3-12H,13H2,1-2H3,(H,25,26). The predicted octanol–water partition coefficient (Wildman–Crippen LogP) is 5.16. The van der Waals surface area contributed by atoms with Crippen molar-refractivity contribution >= 4 is 16.8 Å². The van der Waals surface area contributed by atoms with Gasteiger partial charge in [0.25, 0.3) is 5.69 Å². The summed E-state index contributed by atoms with van der Waals surface area (Å²) in [4.78, 5) is 10.6. The van der Waals surface area contributed by atoms with Gasteiger partial charge in [0.2, 0.25) is 0 Å². The highest BCUT2D eigenvalue weighted by Gasteiger charge is 2.16. The fraction of sp³-hybridized carbons (Fsp3) is 0.143. The van der Waals surface area contributed by atoms with Gasteiger partial charge in [0.05, 0.1) is 4.92 Å². The molecule has 1 unspecified atom stereocenters. The molecule has 0 radical (unpaired) electrons. The lowest BCUT2D eigenvalue weighted by molar-refractivity contribution is -0.385. The second-order valence-electron chi connectivity index (χ2n) is 6.40. The van der Waals surface area contributed by atoms with Gasteiger partial charge in [-0.25, -0.2) is 4.21 Å². The van der Waals surface area contributed by atoms with Crippen molar-refractivity contribution in [3.05, 3.63) is 87.5 Å². The summed E-state index contributed by atoms with van der Waals surface area (Å²) in [5.41, 5.74) is 2.09. The summed E-state index contributed by atoms with van der Waals surface area (Å²) in [6, 6.07) is 16.9. The summed E-state index contributed by atoms with van der Waals surface area (Å²) in [7, 11) is 0. The maximum absolute atomic E-state index is 11.8. The van der Waals surface area contributed by atoms with Crippen molar-refractivity contribution in [2.45, 2.75) is 25.3 Å². The maximum Gasteiger partial charge on any atom is 0.270 e. The Balaban J connectivity index is 1.85. The first-order valence-electron chi connectivity index (χ1n) is 8.70. The third-order valence-corrected chi connectivity index (χ3v) is 4.91. The Morgan fingerprint density at radius 3 is 2.28 bits per heavy atom. The number of benzene rings is 3. The van der Waals surface area contributed by atoms with Crippen molar-refractivity contribution in [2.75, 3.05) is 0 Å². The minimum Gasteiger partial charge on any atom is -0.488 e.